The molecular formula is C10H16N4O. The van der Waals surface area contributed by atoms with Gasteiger partial charge in [0.25, 0.3) is 5.91 Å². The molecule has 0 bridgehead atoms. The van der Waals surface area contributed by atoms with Gasteiger partial charge >= 0.3 is 0 Å². The molecule has 1 N–H and O–H groups in total. The number of rotatable bonds is 3. The maximum Gasteiger partial charge on any atom is 0.272 e. The Morgan fingerprint density at radius 1 is 1.33 bits per heavy atom. The van der Waals surface area contributed by atoms with Crippen molar-refractivity contribution in [1.29, 1.82) is 0 Å². The molecule has 0 spiro atoms. The van der Waals surface area contributed by atoms with Gasteiger partial charge in [0, 0.05) is 34.4 Å². The predicted octanol–water partition coefficient (Wildman–Crippen LogP) is 0.672. The van der Waals surface area contributed by atoms with Crippen LogP contribution in [0.5, 0.6) is 0 Å². The molecule has 1 rings (SSSR count). The second-order valence-electron chi connectivity index (χ2n) is 3.64. The van der Waals surface area contributed by atoms with Gasteiger partial charge in [-0.05, 0) is 12.1 Å². The number of nitrogens with zero attached hydrogens (tertiary/aromatic N) is 3. The van der Waals surface area contributed by atoms with Gasteiger partial charge < -0.3 is 10.3 Å². The summed E-state index contributed by atoms with van der Waals surface area (Å²) in [5.41, 5.74) is 4.35. The van der Waals surface area contributed by atoms with E-state index in [0.29, 0.717) is 5.69 Å². The molecular weight excluding hydrogens is 192 g/mol. The number of pyridine rings is 1. The van der Waals surface area contributed by atoms with Crippen molar-refractivity contribution in [2.45, 2.75) is 0 Å². The number of anilines is 1. The van der Waals surface area contributed by atoms with E-state index in [0.717, 1.165) is 5.69 Å². The third-order valence-corrected chi connectivity index (χ3v) is 1.74. The first-order chi connectivity index (χ1) is 7.00. The number of amides is 1. The average Bonchev–Trinajstić information content (AvgIpc) is 2.16. The first-order valence-corrected chi connectivity index (χ1v) is 4.62. The first kappa shape index (κ1) is 11.5. The van der Waals surface area contributed by atoms with Gasteiger partial charge in [-0.25, -0.2) is 5.01 Å². The SMILES string of the molecule is CN(C)Nc1ccnc(C(=O)N(C)C)c1. The molecule has 0 radical (unpaired) electrons. The van der Waals surface area contributed by atoms with Crippen LogP contribution in [0.4, 0.5) is 5.69 Å². The lowest BCUT2D eigenvalue weighted by atomic mass is 10.3. The van der Waals surface area contributed by atoms with Crippen LogP contribution in [0.1, 0.15) is 10.5 Å². The van der Waals surface area contributed by atoms with E-state index in [1.54, 1.807) is 31.4 Å². The van der Waals surface area contributed by atoms with Gasteiger partial charge in [0.1, 0.15) is 5.69 Å². The van der Waals surface area contributed by atoms with Crippen molar-refractivity contribution in [3.8, 4) is 0 Å². The Balaban J connectivity index is 2.87. The van der Waals surface area contributed by atoms with Gasteiger partial charge in [0.2, 0.25) is 0 Å². The second-order valence-corrected chi connectivity index (χ2v) is 3.64. The summed E-state index contributed by atoms with van der Waals surface area (Å²) in [5.74, 6) is -0.0996. The molecule has 0 aliphatic carbocycles. The van der Waals surface area contributed by atoms with Gasteiger partial charge in [-0.15, -0.1) is 0 Å². The Morgan fingerprint density at radius 3 is 2.53 bits per heavy atom. The zero-order valence-electron chi connectivity index (χ0n) is 9.48. The predicted molar refractivity (Wildman–Crippen MR) is 59.6 cm³/mol. The quantitative estimate of drug-likeness (QED) is 0.742. The van der Waals surface area contributed by atoms with E-state index in [1.165, 1.54) is 4.90 Å². The minimum Gasteiger partial charge on any atom is -0.343 e. The van der Waals surface area contributed by atoms with Crippen LogP contribution in [0.2, 0.25) is 0 Å². The third-order valence-electron chi connectivity index (χ3n) is 1.74. The Labute approximate surface area is 89.7 Å². The van der Waals surface area contributed by atoms with Crippen molar-refractivity contribution in [2.24, 2.45) is 0 Å². The van der Waals surface area contributed by atoms with Crippen LogP contribution in [0.3, 0.4) is 0 Å². The highest BCUT2D eigenvalue weighted by atomic mass is 16.2. The summed E-state index contributed by atoms with van der Waals surface area (Å²) < 4.78 is 0. The Hall–Kier alpha value is -1.62. The summed E-state index contributed by atoms with van der Waals surface area (Å²) in [6.07, 6.45) is 1.61. The third kappa shape index (κ3) is 3.21. The smallest absolute Gasteiger partial charge is 0.272 e. The van der Waals surface area contributed by atoms with Crippen molar-refractivity contribution < 1.29 is 4.79 Å². The Morgan fingerprint density at radius 2 is 2.00 bits per heavy atom. The van der Waals surface area contributed by atoms with Crippen molar-refractivity contribution in [3.63, 3.8) is 0 Å². The van der Waals surface area contributed by atoms with Gasteiger partial charge in [-0.3, -0.25) is 9.78 Å². The molecule has 5 heteroatoms. The number of hydrogen-bond donors (Lipinski definition) is 1. The minimum atomic E-state index is -0.0996. The Bertz CT molecular complexity index is 349. The standard InChI is InChI=1S/C10H16N4O/c1-13(2)10(15)9-7-8(5-6-11-9)12-14(3)4/h5-7H,1-4H3,(H,11,12). The zero-order chi connectivity index (χ0) is 11.4. The van der Waals surface area contributed by atoms with Crippen molar-refractivity contribution in [2.75, 3.05) is 33.6 Å². The molecule has 0 saturated heterocycles. The topological polar surface area (TPSA) is 48.5 Å². The molecule has 0 fully saturated rings. The molecule has 1 amide bonds. The van der Waals surface area contributed by atoms with Crippen molar-refractivity contribution >= 4 is 11.6 Å². The molecule has 0 aliphatic heterocycles. The normalized spacial score (nSPS) is 10.2. The monoisotopic (exact) mass is 208 g/mol. The summed E-state index contributed by atoms with van der Waals surface area (Å²) in [5, 5.41) is 1.80. The molecule has 1 aromatic heterocycles. The molecule has 0 atom stereocenters. The minimum absolute atomic E-state index is 0.0996. The van der Waals surface area contributed by atoms with Gasteiger partial charge in [0.05, 0.1) is 5.69 Å². The van der Waals surface area contributed by atoms with Crippen LogP contribution >= 0.6 is 0 Å². The first-order valence-electron chi connectivity index (χ1n) is 4.62. The van der Waals surface area contributed by atoms with E-state index in [4.69, 9.17) is 0 Å². The molecule has 0 unspecified atom stereocenters. The van der Waals surface area contributed by atoms with Gasteiger partial charge in [-0.2, -0.15) is 0 Å². The lowest BCUT2D eigenvalue weighted by Crippen LogP contribution is -2.24. The number of carbonyl (C=O) groups is 1. The summed E-state index contributed by atoms with van der Waals surface area (Å²) in [6.45, 7) is 0. The van der Waals surface area contributed by atoms with E-state index in [1.807, 2.05) is 20.2 Å². The number of hydrogen-bond acceptors (Lipinski definition) is 4. The number of carbonyl (C=O) groups excluding carboxylic acids is 1. The number of aromatic nitrogens is 1. The van der Waals surface area contributed by atoms with Crippen molar-refractivity contribution in [1.82, 2.24) is 14.9 Å². The lowest BCUT2D eigenvalue weighted by molar-refractivity contribution is 0.0822. The fourth-order valence-corrected chi connectivity index (χ4v) is 1.10. The maximum absolute atomic E-state index is 11.6. The average molecular weight is 208 g/mol. The van der Waals surface area contributed by atoms with Gasteiger partial charge in [0.15, 0.2) is 0 Å². The van der Waals surface area contributed by atoms with Crippen LogP contribution in [-0.4, -0.2) is 49.0 Å². The fourth-order valence-electron chi connectivity index (χ4n) is 1.10. The van der Waals surface area contributed by atoms with Crippen LogP contribution in [0.25, 0.3) is 0 Å². The molecule has 82 valence electrons. The summed E-state index contributed by atoms with van der Waals surface area (Å²) in [4.78, 5) is 17.1. The van der Waals surface area contributed by atoms with E-state index in [-0.39, 0.29) is 5.91 Å². The van der Waals surface area contributed by atoms with Crippen LogP contribution in [-0.2, 0) is 0 Å². The molecule has 0 saturated carbocycles. The summed E-state index contributed by atoms with van der Waals surface area (Å²) >= 11 is 0. The van der Waals surface area contributed by atoms with E-state index in [9.17, 15) is 4.79 Å². The van der Waals surface area contributed by atoms with E-state index < -0.39 is 0 Å². The molecule has 1 heterocycles. The highest BCUT2D eigenvalue weighted by Gasteiger charge is 2.09. The van der Waals surface area contributed by atoms with Crippen LogP contribution < -0.4 is 5.43 Å². The molecule has 0 aliphatic rings. The molecule has 15 heavy (non-hydrogen) atoms. The largest absolute Gasteiger partial charge is 0.343 e. The van der Waals surface area contributed by atoms with Crippen LogP contribution in [0, 0.1) is 0 Å². The van der Waals surface area contributed by atoms with E-state index >= 15 is 0 Å². The molecule has 1 aromatic rings. The number of nitrogens with one attached hydrogen (secondary N) is 1. The highest BCUT2D eigenvalue weighted by molar-refractivity contribution is 5.92. The highest BCUT2D eigenvalue weighted by Crippen LogP contribution is 2.09. The Kier molecular flexibility index (Phi) is 3.62. The molecule has 0 aromatic carbocycles. The van der Waals surface area contributed by atoms with Crippen LogP contribution in [0.15, 0.2) is 18.3 Å². The zero-order valence-corrected chi connectivity index (χ0v) is 9.48. The lowest BCUT2D eigenvalue weighted by Gasteiger charge is -2.14. The summed E-state index contributed by atoms with van der Waals surface area (Å²) in [6, 6.07) is 3.54. The van der Waals surface area contributed by atoms with E-state index in [2.05, 4.69) is 10.4 Å². The maximum atomic E-state index is 11.6. The fraction of sp³-hybridized carbons (Fsp3) is 0.400. The van der Waals surface area contributed by atoms with Crippen molar-refractivity contribution in [3.05, 3.63) is 24.0 Å². The van der Waals surface area contributed by atoms with Gasteiger partial charge in [-0.1, -0.05) is 0 Å². The second kappa shape index (κ2) is 4.75. The molecule has 5 nitrogen and oxygen atoms in total. The summed E-state index contributed by atoms with van der Waals surface area (Å²) in [7, 11) is 7.17. The number of hydrazine groups is 1.